The summed E-state index contributed by atoms with van der Waals surface area (Å²) >= 11 is 0. The van der Waals surface area contributed by atoms with Gasteiger partial charge in [0.05, 0.1) is 32.6 Å². The fourth-order valence-electron chi connectivity index (χ4n) is 6.12. The van der Waals surface area contributed by atoms with Crippen molar-refractivity contribution in [3.8, 4) is 5.75 Å². The molecule has 0 bridgehead atoms. The first kappa shape index (κ1) is 36.4. The largest absolute Gasteiger partial charge is 0.494 e. The average molecular weight is 681 g/mol. The summed E-state index contributed by atoms with van der Waals surface area (Å²) in [6.07, 6.45) is 1.58. The van der Waals surface area contributed by atoms with Crippen molar-refractivity contribution in [2.75, 3.05) is 40.0 Å². The number of hydrogen-bond donors (Lipinski definition) is 0. The number of rotatable bonds is 14. The van der Waals surface area contributed by atoms with Gasteiger partial charge >= 0.3 is 12.1 Å². The van der Waals surface area contributed by atoms with Gasteiger partial charge in [0.15, 0.2) is 0 Å². The highest BCUT2D eigenvalue weighted by molar-refractivity contribution is 5.91. The van der Waals surface area contributed by atoms with E-state index in [9.17, 15) is 9.59 Å². The van der Waals surface area contributed by atoms with Gasteiger partial charge in [0.25, 0.3) is 0 Å². The lowest BCUT2D eigenvalue weighted by Gasteiger charge is -2.39. The predicted octanol–water partition coefficient (Wildman–Crippen LogP) is 7.95. The highest BCUT2D eigenvalue weighted by Crippen LogP contribution is 2.36. The van der Waals surface area contributed by atoms with Gasteiger partial charge in [0.1, 0.15) is 11.4 Å². The molecule has 50 heavy (non-hydrogen) atoms. The van der Waals surface area contributed by atoms with Gasteiger partial charge in [-0.2, -0.15) is 0 Å². The van der Waals surface area contributed by atoms with Crippen LogP contribution in [0, 0.1) is 5.92 Å². The van der Waals surface area contributed by atoms with Crippen LogP contribution in [-0.2, 0) is 36.9 Å². The van der Waals surface area contributed by atoms with Crippen molar-refractivity contribution in [1.29, 1.82) is 0 Å². The molecule has 4 aromatic carbocycles. The molecule has 0 spiro atoms. The number of nitrogens with zero attached hydrogens (tertiary/aromatic N) is 2. The van der Waals surface area contributed by atoms with Crippen LogP contribution in [-0.4, -0.2) is 68.3 Å². The van der Waals surface area contributed by atoms with E-state index in [1.54, 1.807) is 4.90 Å². The van der Waals surface area contributed by atoms with Crippen LogP contribution in [0.4, 0.5) is 4.79 Å². The molecule has 1 aliphatic rings. The van der Waals surface area contributed by atoms with Crippen LogP contribution in [0.3, 0.4) is 0 Å². The van der Waals surface area contributed by atoms with E-state index in [0.29, 0.717) is 45.8 Å². The fourth-order valence-corrected chi connectivity index (χ4v) is 6.12. The molecule has 4 aromatic rings. The summed E-state index contributed by atoms with van der Waals surface area (Å²) in [7, 11) is 1.31. The van der Waals surface area contributed by atoms with Crippen LogP contribution >= 0.6 is 0 Å². The fraction of sp³-hybridized carbons (Fsp3) is 0.390. The zero-order valence-corrected chi connectivity index (χ0v) is 29.5. The smallest absolute Gasteiger partial charge is 0.410 e. The normalized spacial score (nSPS) is 16.6. The van der Waals surface area contributed by atoms with Crippen molar-refractivity contribution < 1.29 is 33.4 Å². The number of benzene rings is 4. The number of amides is 1. The number of fused-ring (bicyclic) bond motifs is 1. The molecule has 264 valence electrons. The van der Waals surface area contributed by atoms with Crippen LogP contribution < -0.4 is 4.74 Å². The van der Waals surface area contributed by atoms with E-state index in [1.165, 1.54) is 7.11 Å². The minimum Gasteiger partial charge on any atom is -0.494 e. The van der Waals surface area contributed by atoms with Gasteiger partial charge in [-0.15, -0.1) is 0 Å². The predicted molar refractivity (Wildman–Crippen MR) is 194 cm³/mol. The average Bonchev–Trinajstić information content (AvgIpc) is 3.12. The maximum Gasteiger partial charge on any atom is 0.410 e. The first-order valence-electron chi connectivity index (χ1n) is 17.2. The van der Waals surface area contributed by atoms with E-state index >= 15 is 0 Å². The summed E-state index contributed by atoms with van der Waals surface area (Å²) in [6.45, 7) is 7.95. The molecule has 1 fully saturated rings. The third-order valence-electron chi connectivity index (χ3n) is 8.61. The third-order valence-corrected chi connectivity index (χ3v) is 8.61. The minimum absolute atomic E-state index is 0.0232. The number of piperidine rings is 1. The van der Waals surface area contributed by atoms with E-state index in [4.69, 9.17) is 23.8 Å². The van der Waals surface area contributed by atoms with E-state index in [-0.39, 0.29) is 24.5 Å². The lowest BCUT2D eigenvalue weighted by molar-refractivity contribution is -0.145. The second-order valence-electron chi connectivity index (χ2n) is 13.5. The quantitative estimate of drug-likeness (QED) is 0.0577. The number of hydrogen-bond acceptors (Lipinski definition) is 8. The second kappa shape index (κ2) is 17.7. The SMILES string of the molecule is COC(=O)CO/N=C(/Cc1ccc2ccccc2c1)C1CN(C(=O)OC(C)(C)C)CCC1c1ccc(OCCCOCc2ccccc2)cc1. The van der Waals surface area contributed by atoms with Crippen LogP contribution in [0.15, 0.2) is 102 Å². The van der Waals surface area contributed by atoms with Crippen LogP contribution in [0.2, 0.25) is 0 Å². The summed E-state index contributed by atoms with van der Waals surface area (Å²) in [5, 5.41) is 6.82. The number of methoxy groups -OCH3 is 1. The van der Waals surface area contributed by atoms with E-state index in [1.807, 2.05) is 63.2 Å². The van der Waals surface area contributed by atoms with Gasteiger partial charge < -0.3 is 28.7 Å². The molecule has 1 saturated heterocycles. The number of esters is 1. The molecule has 1 amide bonds. The Balaban J connectivity index is 1.33. The molecule has 0 aliphatic carbocycles. The first-order valence-corrected chi connectivity index (χ1v) is 17.2. The maximum atomic E-state index is 13.3. The van der Waals surface area contributed by atoms with Crippen molar-refractivity contribution in [3.05, 3.63) is 114 Å². The van der Waals surface area contributed by atoms with E-state index in [0.717, 1.165) is 45.3 Å². The Hall–Kier alpha value is -4.89. The standard InChI is InChI=1S/C41H48N2O7/c1-41(2,3)50-40(45)43-22-21-36(33-17-19-35(20-18-33)48-24-10-23-47-28-30-11-6-5-7-12-30)37(27-43)38(42-49-29-39(44)46-4)26-31-15-16-32-13-8-9-14-34(32)25-31/h5-9,11-20,25,36-37H,10,21-24,26-29H2,1-4H3/b42-38-. The topological polar surface area (TPSA) is 95.9 Å². The number of oxime groups is 1. The van der Waals surface area contributed by atoms with E-state index < -0.39 is 11.6 Å². The van der Waals surface area contributed by atoms with Crippen molar-refractivity contribution in [1.82, 2.24) is 4.90 Å². The molecule has 5 rings (SSSR count). The summed E-state index contributed by atoms with van der Waals surface area (Å²) < 4.78 is 22.4. The Bertz CT molecular complexity index is 1720. The van der Waals surface area contributed by atoms with Gasteiger partial charge in [-0.1, -0.05) is 90.1 Å². The van der Waals surface area contributed by atoms with Gasteiger partial charge in [0, 0.05) is 31.8 Å². The molecule has 1 heterocycles. The molecular formula is C41H48N2O7. The van der Waals surface area contributed by atoms with Crippen molar-refractivity contribution >= 4 is 28.5 Å². The monoisotopic (exact) mass is 680 g/mol. The molecule has 0 aromatic heterocycles. The molecule has 1 aliphatic heterocycles. The van der Waals surface area contributed by atoms with Crippen LogP contribution in [0.1, 0.15) is 56.2 Å². The van der Waals surface area contributed by atoms with Gasteiger partial charge in [0.2, 0.25) is 6.61 Å². The highest BCUT2D eigenvalue weighted by Gasteiger charge is 2.37. The Morgan fingerprint density at radius 3 is 2.34 bits per heavy atom. The maximum absolute atomic E-state index is 13.3. The van der Waals surface area contributed by atoms with Crippen molar-refractivity contribution in [2.24, 2.45) is 11.1 Å². The van der Waals surface area contributed by atoms with Gasteiger partial charge in [-0.05, 0) is 72.7 Å². The lowest BCUT2D eigenvalue weighted by Crippen LogP contribution is -2.47. The molecule has 0 saturated carbocycles. The van der Waals surface area contributed by atoms with Crippen molar-refractivity contribution in [3.63, 3.8) is 0 Å². The Morgan fingerprint density at radius 1 is 0.860 bits per heavy atom. The molecule has 2 unspecified atom stereocenters. The summed E-state index contributed by atoms with van der Waals surface area (Å²) in [6, 6.07) is 32.8. The highest BCUT2D eigenvalue weighted by atomic mass is 16.6. The van der Waals surface area contributed by atoms with Gasteiger partial charge in [-0.3, -0.25) is 0 Å². The molecule has 0 N–H and O–H groups in total. The Kier molecular flexibility index (Phi) is 12.9. The molecule has 9 nitrogen and oxygen atoms in total. The van der Waals surface area contributed by atoms with Crippen LogP contribution in [0.25, 0.3) is 10.8 Å². The second-order valence-corrected chi connectivity index (χ2v) is 13.5. The van der Waals surface area contributed by atoms with Crippen LogP contribution in [0.5, 0.6) is 5.75 Å². The number of likely N-dealkylation sites (tertiary alicyclic amines) is 1. The number of carbonyl (C=O) groups excluding carboxylic acids is 2. The molecule has 2 atom stereocenters. The summed E-state index contributed by atoms with van der Waals surface area (Å²) in [5.41, 5.74) is 3.42. The molecule has 0 radical (unpaired) electrons. The van der Waals surface area contributed by atoms with E-state index in [2.05, 4.69) is 59.8 Å². The third kappa shape index (κ3) is 10.8. The van der Waals surface area contributed by atoms with Gasteiger partial charge in [-0.25, -0.2) is 9.59 Å². The first-order chi connectivity index (χ1) is 24.2. The molecule has 9 heteroatoms. The lowest BCUT2D eigenvalue weighted by atomic mass is 9.76. The molecular weight excluding hydrogens is 632 g/mol. The number of carbonyl (C=O) groups is 2. The summed E-state index contributed by atoms with van der Waals surface area (Å²) in [5.74, 6) is 0.0720. The zero-order valence-electron chi connectivity index (χ0n) is 29.5. The van der Waals surface area contributed by atoms with Crippen molar-refractivity contribution in [2.45, 2.75) is 58.2 Å². The zero-order chi connectivity index (χ0) is 35.3. The number of ether oxygens (including phenoxy) is 4. The minimum atomic E-state index is -0.626. The summed E-state index contributed by atoms with van der Waals surface area (Å²) in [4.78, 5) is 32.6. The Morgan fingerprint density at radius 2 is 1.60 bits per heavy atom. The Labute approximate surface area is 295 Å².